The van der Waals surface area contributed by atoms with E-state index in [0.29, 0.717) is 16.9 Å². The molecule has 0 aliphatic heterocycles. The van der Waals surface area contributed by atoms with Crippen molar-refractivity contribution in [1.82, 2.24) is 14.6 Å². The molecule has 0 unspecified atom stereocenters. The first kappa shape index (κ1) is 16.5. The molecule has 6 heteroatoms. The molecule has 1 fully saturated rings. The Bertz CT molecular complexity index is 567. The summed E-state index contributed by atoms with van der Waals surface area (Å²) in [6.07, 6.45) is 5.63. The number of nitrogens with one attached hydrogen (secondary N) is 2. The van der Waals surface area contributed by atoms with E-state index in [4.69, 9.17) is 0 Å². The highest BCUT2D eigenvalue weighted by molar-refractivity contribution is 7.89. The second kappa shape index (κ2) is 6.10. The maximum Gasteiger partial charge on any atom is 0.244 e. The quantitative estimate of drug-likeness (QED) is 0.877. The predicted octanol–water partition coefficient (Wildman–Crippen LogP) is 2.32. The van der Waals surface area contributed by atoms with E-state index in [9.17, 15) is 8.42 Å². The van der Waals surface area contributed by atoms with Crippen molar-refractivity contribution in [3.8, 4) is 0 Å². The number of nitrogens with zero attached hydrogens (tertiary/aromatic N) is 1. The molecule has 0 aromatic carbocycles. The van der Waals surface area contributed by atoms with Crippen molar-refractivity contribution in [2.24, 2.45) is 5.41 Å². The zero-order chi connectivity index (χ0) is 15.7. The highest BCUT2D eigenvalue weighted by atomic mass is 32.2. The number of rotatable bonds is 5. The average Bonchev–Trinajstić information content (AvgIpc) is 2.88. The largest absolute Gasteiger partial charge is 0.363 e. The number of H-pyrrole nitrogens is 1. The molecule has 0 spiro atoms. The second-order valence-corrected chi connectivity index (χ2v) is 8.81. The lowest BCUT2D eigenvalue weighted by molar-refractivity contribution is 0.174. The minimum absolute atomic E-state index is 0.116. The molecule has 0 saturated heterocycles. The first-order valence-corrected chi connectivity index (χ1v) is 9.00. The molecule has 2 N–H and O–H groups in total. The molecule has 1 heterocycles. The molecule has 1 aromatic rings. The molecule has 21 heavy (non-hydrogen) atoms. The number of sulfonamides is 1. The molecule has 120 valence electrons. The molecule has 0 bridgehead atoms. The van der Waals surface area contributed by atoms with Crippen LogP contribution in [0.25, 0.3) is 0 Å². The molecular weight excluding hydrogens is 286 g/mol. The summed E-state index contributed by atoms with van der Waals surface area (Å²) in [5, 5.41) is 3.01. The van der Waals surface area contributed by atoms with E-state index in [0.717, 1.165) is 31.4 Å². The Kier molecular flexibility index (Phi) is 4.80. The highest BCUT2D eigenvalue weighted by Gasteiger charge is 2.34. The van der Waals surface area contributed by atoms with Gasteiger partial charge in [0.05, 0.1) is 4.90 Å². The third-order valence-corrected chi connectivity index (χ3v) is 6.47. The molecular formula is C15H27N3O2S. The van der Waals surface area contributed by atoms with Gasteiger partial charge in [-0.15, -0.1) is 0 Å². The van der Waals surface area contributed by atoms with Crippen molar-refractivity contribution in [2.75, 3.05) is 14.1 Å². The lowest BCUT2D eigenvalue weighted by Crippen LogP contribution is -2.40. The van der Waals surface area contributed by atoms with Crippen molar-refractivity contribution in [2.45, 2.75) is 57.0 Å². The van der Waals surface area contributed by atoms with Crippen molar-refractivity contribution >= 4 is 10.0 Å². The Balaban J connectivity index is 2.11. The van der Waals surface area contributed by atoms with E-state index in [-0.39, 0.29) is 6.04 Å². The van der Waals surface area contributed by atoms with Crippen LogP contribution in [0.15, 0.2) is 17.2 Å². The topological polar surface area (TPSA) is 65.2 Å². The van der Waals surface area contributed by atoms with Crippen LogP contribution in [0.2, 0.25) is 0 Å². The molecule has 5 nitrogen and oxygen atoms in total. The molecule has 1 aromatic heterocycles. The third-order valence-electron chi connectivity index (χ3n) is 4.58. The van der Waals surface area contributed by atoms with Gasteiger partial charge in [0.15, 0.2) is 0 Å². The number of hydrogen-bond acceptors (Lipinski definition) is 3. The molecule has 1 saturated carbocycles. The van der Waals surface area contributed by atoms with Crippen LogP contribution in [0.5, 0.6) is 0 Å². The van der Waals surface area contributed by atoms with E-state index in [2.05, 4.69) is 24.1 Å². The minimum Gasteiger partial charge on any atom is -0.363 e. The van der Waals surface area contributed by atoms with Crippen molar-refractivity contribution in [3.05, 3.63) is 18.0 Å². The first-order chi connectivity index (χ1) is 9.76. The zero-order valence-electron chi connectivity index (χ0n) is 13.4. The van der Waals surface area contributed by atoms with Gasteiger partial charge in [0.1, 0.15) is 0 Å². The summed E-state index contributed by atoms with van der Waals surface area (Å²) in [6.45, 7) is 5.15. The third kappa shape index (κ3) is 3.67. The van der Waals surface area contributed by atoms with Crippen LogP contribution in [0.3, 0.4) is 0 Å². The molecule has 0 amide bonds. The lowest BCUT2D eigenvalue weighted by atomic mass is 9.76. The monoisotopic (exact) mass is 313 g/mol. The Morgan fingerprint density at radius 1 is 1.38 bits per heavy atom. The molecule has 0 atom stereocenters. The van der Waals surface area contributed by atoms with E-state index in [1.807, 2.05) is 7.05 Å². The number of aromatic amines is 1. The van der Waals surface area contributed by atoms with Gasteiger partial charge in [-0.05, 0) is 44.2 Å². The summed E-state index contributed by atoms with van der Waals surface area (Å²) in [6, 6.07) is 1.83. The maximum absolute atomic E-state index is 12.7. The van der Waals surface area contributed by atoms with Crippen LogP contribution in [-0.4, -0.2) is 37.8 Å². The van der Waals surface area contributed by atoms with Crippen LogP contribution in [0.1, 0.15) is 45.2 Å². The van der Waals surface area contributed by atoms with Gasteiger partial charge >= 0.3 is 0 Å². The summed E-state index contributed by atoms with van der Waals surface area (Å²) >= 11 is 0. The first-order valence-electron chi connectivity index (χ1n) is 7.56. The normalized spacial score (nSPS) is 20.0. The van der Waals surface area contributed by atoms with E-state index >= 15 is 0 Å². The van der Waals surface area contributed by atoms with Crippen LogP contribution < -0.4 is 5.32 Å². The van der Waals surface area contributed by atoms with Crippen LogP contribution in [0, 0.1) is 5.41 Å². The van der Waals surface area contributed by atoms with Crippen LogP contribution in [0.4, 0.5) is 0 Å². The fourth-order valence-electron chi connectivity index (χ4n) is 2.97. The summed E-state index contributed by atoms with van der Waals surface area (Å²) in [5.74, 6) is 0. The van der Waals surface area contributed by atoms with Gasteiger partial charge in [0, 0.05) is 31.5 Å². The summed E-state index contributed by atoms with van der Waals surface area (Å²) in [4.78, 5) is 3.38. The van der Waals surface area contributed by atoms with Gasteiger partial charge in [-0.1, -0.05) is 13.8 Å². The Hall–Kier alpha value is -0.850. The smallest absolute Gasteiger partial charge is 0.244 e. The Morgan fingerprint density at radius 3 is 2.57 bits per heavy atom. The molecule has 2 rings (SSSR count). The van der Waals surface area contributed by atoms with Crippen LogP contribution >= 0.6 is 0 Å². The minimum atomic E-state index is -3.40. The van der Waals surface area contributed by atoms with E-state index in [1.165, 1.54) is 0 Å². The van der Waals surface area contributed by atoms with Crippen molar-refractivity contribution < 1.29 is 8.42 Å². The number of hydrogen-bond donors (Lipinski definition) is 2. The van der Waals surface area contributed by atoms with E-state index < -0.39 is 10.0 Å². The Morgan fingerprint density at radius 2 is 2.00 bits per heavy atom. The number of aromatic nitrogens is 1. The van der Waals surface area contributed by atoms with Gasteiger partial charge in [-0.25, -0.2) is 8.42 Å². The Labute approximate surface area is 128 Å². The SMILES string of the molecule is CNCc1cc(S(=O)(=O)N(C)C2CCC(C)(C)CC2)c[nH]1. The van der Waals surface area contributed by atoms with Crippen LogP contribution in [-0.2, 0) is 16.6 Å². The fraction of sp³-hybridized carbons (Fsp3) is 0.733. The van der Waals surface area contributed by atoms with Gasteiger partial charge in [0.2, 0.25) is 10.0 Å². The van der Waals surface area contributed by atoms with Gasteiger partial charge in [-0.3, -0.25) is 0 Å². The molecule has 1 aliphatic carbocycles. The van der Waals surface area contributed by atoms with Crippen molar-refractivity contribution in [1.29, 1.82) is 0 Å². The fourth-order valence-corrected chi connectivity index (χ4v) is 4.41. The molecule has 0 radical (unpaired) electrons. The highest BCUT2D eigenvalue weighted by Crippen LogP contribution is 2.37. The van der Waals surface area contributed by atoms with Gasteiger partial charge in [0.25, 0.3) is 0 Å². The second-order valence-electron chi connectivity index (χ2n) is 6.81. The zero-order valence-corrected chi connectivity index (χ0v) is 14.3. The van der Waals surface area contributed by atoms with Gasteiger partial charge < -0.3 is 10.3 Å². The van der Waals surface area contributed by atoms with E-state index in [1.54, 1.807) is 23.6 Å². The van der Waals surface area contributed by atoms with Gasteiger partial charge in [-0.2, -0.15) is 4.31 Å². The average molecular weight is 313 g/mol. The summed E-state index contributed by atoms with van der Waals surface area (Å²) < 4.78 is 27.0. The van der Waals surface area contributed by atoms with Crippen molar-refractivity contribution in [3.63, 3.8) is 0 Å². The maximum atomic E-state index is 12.7. The predicted molar refractivity (Wildman–Crippen MR) is 84.5 cm³/mol. The molecule has 1 aliphatic rings. The summed E-state index contributed by atoms with van der Waals surface area (Å²) in [5.41, 5.74) is 1.23. The lowest BCUT2D eigenvalue weighted by Gasteiger charge is -2.37. The summed E-state index contributed by atoms with van der Waals surface area (Å²) in [7, 11) is 0.151. The standard InChI is InChI=1S/C15H27N3O2S/c1-15(2)7-5-13(6-8-15)18(4)21(19,20)14-9-12(10-16-3)17-11-14/h9,11,13,16-17H,5-8,10H2,1-4H3.